The van der Waals surface area contributed by atoms with Gasteiger partial charge in [0.25, 0.3) is 5.91 Å². The summed E-state index contributed by atoms with van der Waals surface area (Å²) in [7, 11) is 1.86. The van der Waals surface area contributed by atoms with Crippen LogP contribution >= 0.6 is 11.6 Å². The molecule has 1 aliphatic rings. The second-order valence-electron chi connectivity index (χ2n) is 6.79. The highest BCUT2D eigenvalue weighted by Crippen LogP contribution is 2.37. The monoisotopic (exact) mass is 378 g/mol. The summed E-state index contributed by atoms with van der Waals surface area (Å²) in [6.45, 7) is 2.67. The van der Waals surface area contributed by atoms with Gasteiger partial charge < -0.3 is 9.47 Å². The molecule has 5 nitrogen and oxygen atoms in total. The maximum Gasteiger partial charge on any atom is 0.271 e. The average Bonchev–Trinajstić information content (AvgIpc) is 3.48. The van der Waals surface area contributed by atoms with Gasteiger partial charge in [-0.25, -0.2) is 0 Å². The highest BCUT2D eigenvalue weighted by atomic mass is 35.5. The number of carbonyl (C=O) groups is 1. The number of amides is 1. The van der Waals surface area contributed by atoms with Crippen LogP contribution < -0.4 is 0 Å². The molecule has 6 heteroatoms. The van der Waals surface area contributed by atoms with Crippen molar-refractivity contribution in [2.45, 2.75) is 32.4 Å². The van der Waals surface area contributed by atoms with Crippen LogP contribution in [0.3, 0.4) is 0 Å². The second-order valence-corrected chi connectivity index (χ2v) is 7.20. The van der Waals surface area contributed by atoms with E-state index in [1.807, 2.05) is 41.6 Å². The van der Waals surface area contributed by atoms with E-state index in [0.29, 0.717) is 28.9 Å². The molecule has 0 aliphatic heterocycles. The van der Waals surface area contributed by atoms with Gasteiger partial charge in [-0.1, -0.05) is 17.7 Å². The van der Waals surface area contributed by atoms with Crippen molar-refractivity contribution in [1.82, 2.24) is 14.5 Å². The average molecular weight is 379 g/mol. The van der Waals surface area contributed by atoms with Crippen molar-refractivity contribution < 1.29 is 4.79 Å². The van der Waals surface area contributed by atoms with E-state index in [1.54, 1.807) is 18.3 Å². The molecule has 3 aromatic rings. The molecule has 2 aromatic heterocycles. The van der Waals surface area contributed by atoms with Gasteiger partial charge in [0.15, 0.2) is 0 Å². The van der Waals surface area contributed by atoms with Crippen LogP contribution in [0.2, 0.25) is 5.02 Å². The van der Waals surface area contributed by atoms with Gasteiger partial charge in [-0.15, -0.1) is 0 Å². The van der Waals surface area contributed by atoms with Crippen LogP contribution in [-0.4, -0.2) is 33.4 Å². The van der Waals surface area contributed by atoms with E-state index in [-0.39, 0.29) is 5.91 Å². The van der Waals surface area contributed by atoms with Crippen LogP contribution in [0, 0.1) is 11.3 Å². The van der Waals surface area contributed by atoms with E-state index in [9.17, 15) is 10.1 Å². The Balaban J connectivity index is 2.02. The number of nitrogens with zero attached hydrogens (tertiary/aromatic N) is 4. The Morgan fingerprint density at radius 2 is 2.19 bits per heavy atom. The van der Waals surface area contributed by atoms with Crippen molar-refractivity contribution in [3.63, 3.8) is 0 Å². The highest BCUT2D eigenvalue weighted by molar-refractivity contribution is 6.31. The Morgan fingerprint density at radius 1 is 1.41 bits per heavy atom. The topological polar surface area (TPSA) is 61.9 Å². The number of rotatable bonds is 4. The summed E-state index contributed by atoms with van der Waals surface area (Å²) >= 11 is 6.12. The van der Waals surface area contributed by atoms with Crippen LogP contribution in [0.1, 0.15) is 35.8 Å². The fraction of sp³-hybridized carbons (Fsp3) is 0.286. The van der Waals surface area contributed by atoms with Gasteiger partial charge in [-0.3, -0.25) is 9.78 Å². The van der Waals surface area contributed by atoms with Gasteiger partial charge in [0, 0.05) is 31.4 Å². The lowest BCUT2D eigenvalue weighted by molar-refractivity contribution is 0.0776. The molecule has 27 heavy (non-hydrogen) atoms. The summed E-state index contributed by atoms with van der Waals surface area (Å²) in [4.78, 5) is 19.8. The molecule has 136 valence electrons. The highest BCUT2D eigenvalue weighted by Gasteiger charge is 2.34. The standard InChI is InChI=1S/C21H19ClN4O/c1-3-26-17-5-4-10-24-19(17)18(13-6-9-16(22)14(11-13)12-23)20(26)21(27)25(2)15-7-8-15/h4-6,9-11,15H,3,7-8H2,1-2H3. The minimum atomic E-state index is -0.0131. The number of nitriles is 1. The zero-order chi connectivity index (χ0) is 19.1. The van der Waals surface area contributed by atoms with Gasteiger partial charge >= 0.3 is 0 Å². The van der Waals surface area contributed by atoms with Crippen LogP contribution in [0.4, 0.5) is 0 Å². The molecule has 0 atom stereocenters. The van der Waals surface area contributed by atoms with Crippen molar-refractivity contribution in [2.24, 2.45) is 0 Å². The fourth-order valence-electron chi connectivity index (χ4n) is 3.56. The molecule has 0 unspecified atom stereocenters. The summed E-state index contributed by atoms with van der Waals surface area (Å²) in [6, 6.07) is 11.6. The molecule has 0 radical (unpaired) electrons. The van der Waals surface area contributed by atoms with E-state index >= 15 is 0 Å². The maximum atomic E-state index is 13.4. The molecule has 4 rings (SSSR count). The molecule has 1 saturated carbocycles. The molecule has 0 bridgehead atoms. The first kappa shape index (κ1) is 17.6. The first-order valence-electron chi connectivity index (χ1n) is 9.01. The van der Waals surface area contributed by atoms with Crippen LogP contribution in [0.25, 0.3) is 22.2 Å². The lowest BCUT2D eigenvalue weighted by Gasteiger charge is -2.19. The van der Waals surface area contributed by atoms with Gasteiger partial charge in [0.05, 0.1) is 21.6 Å². The Bertz CT molecular complexity index is 1090. The molecule has 1 aromatic carbocycles. The SMILES string of the molecule is CCn1c(C(=O)N(C)C2CC2)c(-c2ccc(Cl)c(C#N)c2)c2ncccc21. The van der Waals surface area contributed by atoms with E-state index in [4.69, 9.17) is 11.6 Å². The number of benzene rings is 1. The molecule has 0 N–H and O–H groups in total. The van der Waals surface area contributed by atoms with Crippen molar-refractivity contribution in [2.75, 3.05) is 7.05 Å². The Kier molecular flexibility index (Phi) is 4.37. The summed E-state index contributed by atoms with van der Waals surface area (Å²) in [6.07, 6.45) is 3.81. The van der Waals surface area contributed by atoms with Gasteiger partial charge in [0.1, 0.15) is 11.8 Å². The first-order valence-corrected chi connectivity index (χ1v) is 9.39. The third-order valence-corrected chi connectivity index (χ3v) is 5.46. The number of aryl methyl sites for hydroxylation is 1. The van der Waals surface area contributed by atoms with E-state index in [0.717, 1.165) is 35.0 Å². The van der Waals surface area contributed by atoms with Gasteiger partial charge in [0.2, 0.25) is 0 Å². The molecule has 1 aliphatic carbocycles. The van der Waals surface area contributed by atoms with Crippen molar-refractivity contribution in [3.8, 4) is 17.2 Å². The van der Waals surface area contributed by atoms with Crippen molar-refractivity contribution in [3.05, 3.63) is 52.8 Å². The molecular weight excluding hydrogens is 360 g/mol. The quantitative estimate of drug-likeness (QED) is 0.672. The second kappa shape index (κ2) is 6.71. The largest absolute Gasteiger partial charge is 0.337 e. The Hall–Kier alpha value is -2.84. The van der Waals surface area contributed by atoms with Crippen LogP contribution in [0.15, 0.2) is 36.5 Å². The third-order valence-electron chi connectivity index (χ3n) is 5.13. The zero-order valence-electron chi connectivity index (χ0n) is 15.2. The zero-order valence-corrected chi connectivity index (χ0v) is 16.0. The number of hydrogen-bond acceptors (Lipinski definition) is 3. The fourth-order valence-corrected chi connectivity index (χ4v) is 3.72. The molecule has 0 saturated heterocycles. The Labute approximate surface area is 162 Å². The molecule has 0 spiro atoms. The Morgan fingerprint density at radius 3 is 2.85 bits per heavy atom. The lowest BCUT2D eigenvalue weighted by Crippen LogP contribution is -2.31. The minimum Gasteiger partial charge on any atom is -0.337 e. The number of pyridine rings is 1. The van der Waals surface area contributed by atoms with Crippen molar-refractivity contribution >= 4 is 28.5 Å². The van der Waals surface area contributed by atoms with E-state index < -0.39 is 0 Å². The third kappa shape index (κ3) is 2.87. The summed E-state index contributed by atoms with van der Waals surface area (Å²) in [5.74, 6) is -0.0131. The maximum absolute atomic E-state index is 13.4. The van der Waals surface area contributed by atoms with Gasteiger partial charge in [-0.05, 0) is 49.6 Å². The first-order chi connectivity index (χ1) is 13.1. The van der Waals surface area contributed by atoms with Crippen LogP contribution in [-0.2, 0) is 6.54 Å². The van der Waals surface area contributed by atoms with Crippen LogP contribution in [0.5, 0.6) is 0 Å². The minimum absolute atomic E-state index is 0.0131. The number of fused-ring (bicyclic) bond motifs is 1. The van der Waals surface area contributed by atoms with Gasteiger partial charge in [-0.2, -0.15) is 5.26 Å². The number of halogens is 1. The smallest absolute Gasteiger partial charge is 0.271 e. The summed E-state index contributed by atoms with van der Waals surface area (Å²) in [5.41, 5.74) is 4.22. The number of hydrogen-bond donors (Lipinski definition) is 0. The molecule has 2 heterocycles. The lowest BCUT2D eigenvalue weighted by atomic mass is 10.0. The normalized spacial score (nSPS) is 13.6. The number of aromatic nitrogens is 2. The molecule has 1 amide bonds. The summed E-state index contributed by atoms with van der Waals surface area (Å²) in [5, 5.41) is 9.77. The van der Waals surface area contributed by atoms with Crippen molar-refractivity contribution in [1.29, 1.82) is 5.26 Å². The molecule has 1 fully saturated rings. The summed E-state index contributed by atoms with van der Waals surface area (Å²) < 4.78 is 2.01. The predicted molar refractivity (Wildman–Crippen MR) is 106 cm³/mol. The van der Waals surface area contributed by atoms with E-state index in [1.165, 1.54) is 0 Å². The van der Waals surface area contributed by atoms with E-state index in [2.05, 4.69) is 11.1 Å². The predicted octanol–water partition coefficient (Wildman–Crippen LogP) is 4.48. The number of carbonyl (C=O) groups excluding carboxylic acids is 1. The molecular formula is C21H19ClN4O.